The van der Waals surface area contributed by atoms with Crippen molar-refractivity contribution in [1.82, 2.24) is 10.6 Å². The number of carbonyl (C=O) groups excluding carboxylic acids is 2. The first-order chi connectivity index (χ1) is 13.6. The molecule has 5 N–H and O–H groups in total. The number of aliphatic hydroxyl groups is 3. The molecule has 0 radical (unpaired) electrons. The highest BCUT2D eigenvalue weighted by atomic mass is 16.5. The van der Waals surface area contributed by atoms with Crippen molar-refractivity contribution in [3.8, 4) is 0 Å². The maximum atomic E-state index is 12.6. The Morgan fingerprint density at radius 3 is 2.10 bits per heavy atom. The standard InChI is InChI=1S/C21H38N2O6/c1-11(2)16(24)14-7-5-13(6-8-14)9-23-21(28)20-19(27)18(26)17(25)15(29-20)10-22-12(3)4/h11-15,17-20,22,25-27H,5-10H2,1-4H3,(H,23,28)/t13?,14?,15-,17?,18+,19+,20?/m0/s1. The first kappa shape index (κ1) is 24.2. The molecule has 5 atom stereocenters. The molecular weight excluding hydrogens is 376 g/mol. The SMILES string of the molecule is CC(C)NC[C@@H]1OC(C(=O)NCC2CCC(C(=O)C(C)C)CC2)[C@H](O)[C@H](O)C1O. The molecule has 1 aliphatic heterocycles. The largest absolute Gasteiger partial charge is 0.388 e. The highest BCUT2D eigenvalue weighted by Gasteiger charge is 2.46. The number of carbonyl (C=O) groups is 2. The Hall–Kier alpha value is -1.06. The fourth-order valence-corrected chi connectivity index (χ4v) is 4.16. The molecule has 1 saturated carbocycles. The van der Waals surface area contributed by atoms with Gasteiger partial charge in [0, 0.05) is 31.0 Å². The van der Waals surface area contributed by atoms with E-state index in [-0.39, 0.29) is 30.3 Å². The number of amides is 1. The van der Waals surface area contributed by atoms with E-state index >= 15 is 0 Å². The summed E-state index contributed by atoms with van der Waals surface area (Å²) in [4.78, 5) is 24.7. The second kappa shape index (κ2) is 10.8. The summed E-state index contributed by atoms with van der Waals surface area (Å²) in [5, 5.41) is 36.4. The van der Waals surface area contributed by atoms with Crippen LogP contribution in [0.1, 0.15) is 53.4 Å². The third-order valence-corrected chi connectivity index (χ3v) is 6.08. The van der Waals surface area contributed by atoms with Gasteiger partial charge < -0.3 is 30.7 Å². The fraction of sp³-hybridized carbons (Fsp3) is 0.905. The molecule has 29 heavy (non-hydrogen) atoms. The van der Waals surface area contributed by atoms with E-state index in [2.05, 4.69) is 10.6 Å². The maximum absolute atomic E-state index is 12.6. The van der Waals surface area contributed by atoms with Gasteiger partial charge in [0.1, 0.15) is 24.1 Å². The summed E-state index contributed by atoms with van der Waals surface area (Å²) in [6.07, 6.45) is -2.79. The van der Waals surface area contributed by atoms with Gasteiger partial charge in [-0.3, -0.25) is 9.59 Å². The lowest BCUT2D eigenvalue weighted by atomic mass is 9.78. The van der Waals surface area contributed by atoms with Gasteiger partial charge in [0.25, 0.3) is 5.91 Å². The van der Waals surface area contributed by atoms with Crippen LogP contribution >= 0.6 is 0 Å². The molecule has 2 fully saturated rings. The molecule has 0 aromatic carbocycles. The van der Waals surface area contributed by atoms with Gasteiger partial charge in [-0.05, 0) is 31.6 Å². The van der Waals surface area contributed by atoms with Crippen LogP contribution in [0.25, 0.3) is 0 Å². The van der Waals surface area contributed by atoms with Gasteiger partial charge in [0.15, 0.2) is 6.10 Å². The van der Waals surface area contributed by atoms with Gasteiger partial charge >= 0.3 is 0 Å². The van der Waals surface area contributed by atoms with E-state index in [0.717, 1.165) is 25.7 Å². The van der Waals surface area contributed by atoms with E-state index in [9.17, 15) is 24.9 Å². The Labute approximate surface area is 173 Å². The minimum absolute atomic E-state index is 0.0566. The number of ketones is 1. The first-order valence-corrected chi connectivity index (χ1v) is 10.9. The molecule has 0 spiro atoms. The van der Waals surface area contributed by atoms with E-state index in [1.165, 1.54) is 0 Å². The summed E-state index contributed by atoms with van der Waals surface area (Å²) in [7, 11) is 0. The predicted molar refractivity (Wildman–Crippen MR) is 108 cm³/mol. The van der Waals surface area contributed by atoms with Crippen molar-refractivity contribution < 1.29 is 29.6 Å². The molecule has 2 aliphatic rings. The molecule has 0 aromatic heterocycles. The van der Waals surface area contributed by atoms with Crippen LogP contribution < -0.4 is 10.6 Å². The quantitative estimate of drug-likeness (QED) is 0.378. The molecule has 1 heterocycles. The highest BCUT2D eigenvalue weighted by molar-refractivity contribution is 5.83. The third-order valence-electron chi connectivity index (χ3n) is 6.08. The van der Waals surface area contributed by atoms with Crippen molar-refractivity contribution in [1.29, 1.82) is 0 Å². The van der Waals surface area contributed by atoms with Crippen LogP contribution in [0.15, 0.2) is 0 Å². The summed E-state index contributed by atoms with van der Waals surface area (Å²) < 4.78 is 5.63. The second-order valence-corrected chi connectivity index (χ2v) is 9.15. The van der Waals surface area contributed by atoms with Gasteiger partial charge in [0.2, 0.25) is 0 Å². The molecule has 2 rings (SSSR count). The van der Waals surface area contributed by atoms with Crippen molar-refractivity contribution >= 4 is 11.7 Å². The molecule has 8 nitrogen and oxygen atoms in total. The van der Waals surface area contributed by atoms with Crippen LogP contribution in [0.2, 0.25) is 0 Å². The van der Waals surface area contributed by atoms with Crippen LogP contribution in [0.3, 0.4) is 0 Å². The zero-order chi connectivity index (χ0) is 21.7. The van der Waals surface area contributed by atoms with Crippen LogP contribution in [-0.4, -0.2) is 76.7 Å². The van der Waals surface area contributed by atoms with Gasteiger partial charge in [-0.1, -0.05) is 27.7 Å². The molecule has 168 valence electrons. The number of hydrogen-bond donors (Lipinski definition) is 5. The summed E-state index contributed by atoms with van der Waals surface area (Å²) in [5.74, 6) is 0.292. The van der Waals surface area contributed by atoms with Crippen LogP contribution in [0, 0.1) is 17.8 Å². The molecule has 2 unspecified atom stereocenters. The zero-order valence-electron chi connectivity index (χ0n) is 18.0. The van der Waals surface area contributed by atoms with Crippen molar-refractivity contribution in [2.24, 2.45) is 17.8 Å². The zero-order valence-corrected chi connectivity index (χ0v) is 18.0. The number of aliphatic hydroxyl groups excluding tert-OH is 3. The lowest BCUT2D eigenvalue weighted by molar-refractivity contribution is -0.219. The van der Waals surface area contributed by atoms with E-state index in [1.807, 2.05) is 27.7 Å². The average Bonchev–Trinajstić information content (AvgIpc) is 2.69. The molecule has 0 aromatic rings. The summed E-state index contributed by atoms with van der Waals surface area (Å²) in [6, 6.07) is 0.153. The lowest BCUT2D eigenvalue weighted by Gasteiger charge is -2.40. The van der Waals surface area contributed by atoms with E-state index < -0.39 is 36.4 Å². The molecule has 1 aliphatic carbocycles. The predicted octanol–water partition coefficient (Wildman–Crippen LogP) is -0.0178. The van der Waals surface area contributed by atoms with Crippen LogP contribution in [0.5, 0.6) is 0 Å². The minimum atomic E-state index is -1.49. The highest BCUT2D eigenvalue weighted by Crippen LogP contribution is 2.30. The number of rotatable bonds is 8. The van der Waals surface area contributed by atoms with Crippen molar-refractivity contribution in [2.75, 3.05) is 13.1 Å². The molecule has 0 bridgehead atoms. The van der Waals surface area contributed by atoms with Gasteiger partial charge in [-0.2, -0.15) is 0 Å². The van der Waals surface area contributed by atoms with E-state index in [4.69, 9.17) is 4.74 Å². The molecule has 8 heteroatoms. The Morgan fingerprint density at radius 2 is 1.55 bits per heavy atom. The molecule has 1 amide bonds. The summed E-state index contributed by atoms with van der Waals surface area (Å²) in [5.41, 5.74) is 0. The summed E-state index contributed by atoms with van der Waals surface area (Å²) in [6.45, 7) is 8.45. The van der Waals surface area contributed by atoms with Gasteiger partial charge in [0.05, 0.1) is 6.10 Å². The van der Waals surface area contributed by atoms with Crippen LogP contribution in [-0.2, 0) is 14.3 Å². The molecule has 1 saturated heterocycles. The Kier molecular flexibility index (Phi) is 9.03. The van der Waals surface area contributed by atoms with Crippen LogP contribution in [0.4, 0.5) is 0 Å². The van der Waals surface area contributed by atoms with Crippen molar-refractivity contribution in [2.45, 2.75) is 89.9 Å². The lowest BCUT2D eigenvalue weighted by Crippen LogP contribution is -2.63. The Bertz CT molecular complexity index is 547. The van der Waals surface area contributed by atoms with Gasteiger partial charge in [-0.25, -0.2) is 0 Å². The van der Waals surface area contributed by atoms with E-state index in [0.29, 0.717) is 12.3 Å². The smallest absolute Gasteiger partial charge is 0.251 e. The number of Topliss-reactive ketones (excluding diaryl/α,β-unsaturated/α-hetero) is 1. The number of ether oxygens (including phenoxy) is 1. The number of nitrogens with one attached hydrogen (secondary N) is 2. The fourth-order valence-electron chi connectivity index (χ4n) is 4.16. The van der Waals surface area contributed by atoms with Crippen molar-refractivity contribution in [3.63, 3.8) is 0 Å². The summed E-state index contributed by atoms with van der Waals surface area (Å²) >= 11 is 0. The van der Waals surface area contributed by atoms with Gasteiger partial charge in [-0.15, -0.1) is 0 Å². The first-order valence-electron chi connectivity index (χ1n) is 10.9. The minimum Gasteiger partial charge on any atom is -0.388 e. The average molecular weight is 415 g/mol. The number of hydrogen-bond acceptors (Lipinski definition) is 7. The maximum Gasteiger partial charge on any atom is 0.251 e. The normalized spacial score (nSPS) is 35.7. The van der Waals surface area contributed by atoms with E-state index in [1.54, 1.807) is 0 Å². The second-order valence-electron chi connectivity index (χ2n) is 9.15. The Balaban J connectivity index is 1.84. The molecular formula is C21H38N2O6. The third kappa shape index (κ3) is 6.46. The monoisotopic (exact) mass is 414 g/mol. The van der Waals surface area contributed by atoms with Crippen molar-refractivity contribution in [3.05, 3.63) is 0 Å². The Morgan fingerprint density at radius 1 is 0.931 bits per heavy atom. The topological polar surface area (TPSA) is 128 Å².